The minimum Gasteiger partial charge on any atom is -0.396 e. The summed E-state index contributed by atoms with van der Waals surface area (Å²) in [6.07, 6.45) is 7.32. The number of allylic oxidation sites excluding steroid dienone is 2. The lowest BCUT2D eigenvalue weighted by Crippen LogP contribution is -2.48. The van der Waals surface area contributed by atoms with E-state index in [1.807, 2.05) is 10.6 Å². The van der Waals surface area contributed by atoms with Gasteiger partial charge in [0.2, 0.25) is 5.91 Å². The average Bonchev–Trinajstić information content (AvgIpc) is 3.39. The number of fused-ring (bicyclic) bond motifs is 4. The number of ether oxygens (including phenoxy) is 1. The van der Waals surface area contributed by atoms with E-state index in [0.717, 1.165) is 68.7 Å². The number of pyridine rings is 1. The zero-order valence-corrected chi connectivity index (χ0v) is 19.2. The molecule has 3 aliphatic heterocycles. The van der Waals surface area contributed by atoms with Gasteiger partial charge in [0.1, 0.15) is 0 Å². The van der Waals surface area contributed by atoms with Crippen LogP contribution in [-0.2, 0) is 16.1 Å². The molecule has 1 N–H and O–H groups in total. The van der Waals surface area contributed by atoms with Gasteiger partial charge in [-0.1, -0.05) is 6.08 Å². The summed E-state index contributed by atoms with van der Waals surface area (Å²) in [5.41, 5.74) is 2.95. The van der Waals surface area contributed by atoms with Crippen LogP contribution < -0.4 is 5.56 Å². The van der Waals surface area contributed by atoms with Crippen molar-refractivity contribution in [3.8, 4) is 0 Å². The Bertz CT molecular complexity index is 962. The number of rotatable bonds is 5. The van der Waals surface area contributed by atoms with E-state index in [0.29, 0.717) is 12.5 Å². The highest BCUT2D eigenvalue weighted by Crippen LogP contribution is 2.49. The van der Waals surface area contributed by atoms with Crippen LogP contribution in [0.15, 0.2) is 23.0 Å². The highest BCUT2D eigenvalue weighted by atomic mass is 16.5. The molecule has 0 spiro atoms. The normalized spacial score (nSPS) is 30.3. The molecule has 0 saturated carbocycles. The molecule has 2 saturated heterocycles. The summed E-state index contributed by atoms with van der Waals surface area (Å²) in [4.78, 5) is 31.0. The predicted octanol–water partition coefficient (Wildman–Crippen LogP) is 1.89. The minimum atomic E-state index is -0.343. The van der Waals surface area contributed by atoms with Gasteiger partial charge in [-0.05, 0) is 55.7 Å². The topological polar surface area (TPSA) is 75.0 Å². The van der Waals surface area contributed by atoms with Gasteiger partial charge in [-0.2, -0.15) is 0 Å². The molecule has 7 nitrogen and oxygen atoms in total. The lowest BCUT2D eigenvalue weighted by atomic mass is 9.86. The maximum atomic E-state index is 13.6. The monoisotopic (exact) mass is 441 g/mol. The van der Waals surface area contributed by atoms with Crippen molar-refractivity contribution >= 4 is 11.5 Å². The van der Waals surface area contributed by atoms with Gasteiger partial charge in [0.25, 0.3) is 5.56 Å². The molecule has 0 aromatic carbocycles. The molecule has 1 aromatic rings. The van der Waals surface area contributed by atoms with Gasteiger partial charge in [-0.25, -0.2) is 0 Å². The number of hydrogen-bond acceptors (Lipinski definition) is 5. The van der Waals surface area contributed by atoms with Crippen molar-refractivity contribution in [1.82, 2.24) is 14.4 Å². The van der Waals surface area contributed by atoms with Crippen LogP contribution in [0.25, 0.3) is 5.57 Å². The number of aliphatic hydroxyl groups is 1. The highest BCUT2D eigenvalue weighted by molar-refractivity contribution is 5.80. The first-order valence-electron chi connectivity index (χ1n) is 12.1. The summed E-state index contributed by atoms with van der Waals surface area (Å²) < 4.78 is 7.47. The third-order valence-electron chi connectivity index (χ3n) is 8.09. The zero-order chi connectivity index (χ0) is 22.4. The van der Waals surface area contributed by atoms with Crippen molar-refractivity contribution in [2.75, 3.05) is 40.5 Å². The standard InChI is InChI=1S/C25H35N3O4/c1-26(2)25(31)22-19(15-29)21-14-28-20(8-7-18(24(28)30)17-5-3-4-6-17)23(22)27(21)13-16-9-11-32-12-10-16/h5,7-8,16,19,21-23,29H,3-4,6,9-15H2,1-2H3/t19-,21-,22+,23+/m1/s1. The van der Waals surface area contributed by atoms with Gasteiger partial charge in [-0.15, -0.1) is 0 Å². The molecule has 1 aliphatic carbocycles. The fraction of sp³-hybridized carbons (Fsp3) is 0.680. The summed E-state index contributed by atoms with van der Waals surface area (Å²) in [5, 5.41) is 10.4. The van der Waals surface area contributed by atoms with E-state index in [4.69, 9.17) is 4.74 Å². The van der Waals surface area contributed by atoms with E-state index in [2.05, 4.69) is 17.0 Å². The number of aliphatic hydroxyl groups excluding tert-OH is 1. The van der Waals surface area contributed by atoms with E-state index in [1.165, 1.54) is 0 Å². The summed E-state index contributed by atoms with van der Waals surface area (Å²) in [6.45, 7) is 2.94. The zero-order valence-electron chi connectivity index (χ0n) is 19.2. The largest absolute Gasteiger partial charge is 0.396 e. The predicted molar refractivity (Wildman–Crippen MR) is 122 cm³/mol. The van der Waals surface area contributed by atoms with E-state index >= 15 is 0 Å². The molecule has 2 fully saturated rings. The maximum Gasteiger partial charge on any atom is 0.258 e. The molecule has 4 aliphatic rings. The van der Waals surface area contributed by atoms with Crippen LogP contribution >= 0.6 is 0 Å². The maximum absolute atomic E-state index is 13.6. The van der Waals surface area contributed by atoms with Crippen LogP contribution in [0.4, 0.5) is 0 Å². The fourth-order valence-corrected chi connectivity index (χ4v) is 6.44. The number of hydrogen-bond donors (Lipinski definition) is 1. The molecule has 5 rings (SSSR count). The Hall–Kier alpha value is -1.96. The molecule has 0 unspecified atom stereocenters. The van der Waals surface area contributed by atoms with Gasteiger partial charge in [0, 0.05) is 70.2 Å². The molecule has 1 aromatic heterocycles. The van der Waals surface area contributed by atoms with Gasteiger partial charge in [0.15, 0.2) is 0 Å². The minimum absolute atomic E-state index is 0.0141. The van der Waals surface area contributed by atoms with Crippen molar-refractivity contribution < 1.29 is 14.6 Å². The highest BCUT2D eigenvalue weighted by Gasteiger charge is 2.56. The number of amides is 1. The fourth-order valence-electron chi connectivity index (χ4n) is 6.44. The SMILES string of the molecule is CN(C)C(=O)[C@H]1[C@H](CO)[C@H]2Cn3c(ccc(C4=CCCC4)c3=O)[C@@H]1N2CC1CCOCC1. The molecule has 7 heteroatoms. The molecule has 4 heterocycles. The van der Waals surface area contributed by atoms with Gasteiger partial charge in [0.05, 0.1) is 12.0 Å². The van der Waals surface area contributed by atoms with Gasteiger partial charge in [-0.3, -0.25) is 14.5 Å². The van der Waals surface area contributed by atoms with E-state index in [1.54, 1.807) is 19.0 Å². The van der Waals surface area contributed by atoms with Gasteiger partial charge < -0.3 is 19.3 Å². The lowest BCUT2D eigenvalue weighted by Gasteiger charge is -2.41. The van der Waals surface area contributed by atoms with Gasteiger partial charge >= 0.3 is 0 Å². The second-order valence-corrected chi connectivity index (χ2v) is 10.1. The first-order chi connectivity index (χ1) is 15.5. The van der Waals surface area contributed by atoms with Crippen LogP contribution in [0.5, 0.6) is 0 Å². The van der Waals surface area contributed by atoms with Crippen LogP contribution in [0, 0.1) is 17.8 Å². The summed E-state index contributed by atoms with van der Waals surface area (Å²) in [5.74, 6) is 0.0345. The van der Waals surface area contributed by atoms with Crippen LogP contribution in [0.2, 0.25) is 0 Å². The van der Waals surface area contributed by atoms with Crippen molar-refractivity contribution in [3.63, 3.8) is 0 Å². The summed E-state index contributed by atoms with van der Waals surface area (Å²) in [7, 11) is 3.56. The van der Waals surface area contributed by atoms with E-state index in [9.17, 15) is 14.7 Å². The molecule has 4 atom stereocenters. The average molecular weight is 442 g/mol. The van der Waals surface area contributed by atoms with Crippen molar-refractivity contribution in [1.29, 1.82) is 0 Å². The van der Waals surface area contributed by atoms with E-state index in [-0.39, 0.29) is 42.0 Å². The number of carbonyl (C=O) groups is 1. The molecular weight excluding hydrogens is 406 g/mol. The van der Waals surface area contributed by atoms with Crippen LogP contribution in [0.1, 0.15) is 49.4 Å². The Morgan fingerprint density at radius 2 is 2.03 bits per heavy atom. The number of nitrogens with zero attached hydrogens (tertiary/aromatic N) is 3. The van der Waals surface area contributed by atoms with Crippen LogP contribution in [0.3, 0.4) is 0 Å². The Morgan fingerprint density at radius 1 is 1.25 bits per heavy atom. The Labute approximate surface area is 189 Å². The van der Waals surface area contributed by atoms with E-state index < -0.39 is 0 Å². The quantitative estimate of drug-likeness (QED) is 0.755. The molecule has 2 bridgehead atoms. The Morgan fingerprint density at radius 3 is 2.69 bits per heavy atom. The first-order valence-corrected chi connectivity index (χ1v) is 12.1. The third-order valence-corrected chi connectivity index (χ3v) is 8.09. The van der Waals surface area contributed by atoms with Crippen LogP contribution in [-0.4, -0.2) is 71.9 Å². The van der Waals surface area contributed by atoms with Crippen molar-refractivity contribution in [2.45, 2.75) is 50.7 Å². The second-order valence-electron chi connectivity index (χ2n) is 10.1. The molecule has 32 heavy (non-hydrogen) atoms. The Kier molecular flexibility index (Phi) is 5.99. The first kappa shape index (κ1) is 21.9. The Balaban J connectivity index is 1.58. The van der Waals surface area contributed by atoms with Crippen molar-refractivity contribution in [3.05, 3.63) is 39.8 Å². The lowest BCUT2D eigenvalue weighted by molar-refractivity contribution is -0.135. The third kappa shape index (κ3) is 3.55. The molecule has 1 amide bonds. The molecule has 174 valence electrons. The van der Waals surface area contributed by atoms with Crippen molar-refractivity contribution in [2.24, 2.45) is 17.8 Å². The smallest absolute Gasteiger partial charge is 0.258 e. The number of aromatic nitrogens is 1. The second kappa shape index (κ2) is 8.76. The summed E-state index contributed by atoms with van der Waals surface area (Å²) >= 11 is 0. The molecular formula is C25H35N3O4. The number of carbonyl (C=O) groups excluding carboxylic acids is 1. The molecule has 0 radical (unpaired) electrons. The summed E-state index contributed by atoms with van der Waals surface area (Å²) in [6, 6.07) is 3.85.